The molecule has 1 aliphatic rings. The van der Waals surface area contributed by atoms with E-state index in [1.54, 1.807) is 0 Å². The van der Waals surface area contributed by atoms with Crippen LogP contribution in [0.5, 0.6) is 0 Å². The molecule has 0 heterocycles. The average molecular weight is 193 g/mol. The van der Waals surface area contributed by atoms with E-state index in [0.29, 0.717) is 31.1 Å². The summed E-state index contributed by atoms with van der Waals surface area (Å²) >= 11 is 0. The number of carbonyl (C=O) groups is 1. The maximum Gasteiger partial charge on any atom is 0.137 e. The molecule has 0 spiro atoms. The predicted molar refractivity (Wildman–Crippen MR) is 57.6 cm³/mol. The third kappa shape index (κ3) is 2.85. The molecule has 2 heteroatoms. The van der Waals surface area contributed by atoms with Crippen molar-refractivity contribution in [1.82, 2.24) is 0 Å². The second kappa shape index (κ2) is 5.82. The molecule has 0 aromatic rings. The van der Waals surface area contributed by atoms with E-state index in [9.17, 15) is 4.79 Å². The second-order valence-electron chi connectivity index (χ2n) is 3.93. The van der Waals surface area contributed by atoms with Gasteiger partial charge in [-0.15, -0.1) is 11.8 Å². The molecule has 2 nitrogen and oxygen atoms in total. The average Bonchev–Trinajstić information content (AvgIpc) is 2.65. The van der Waals surface area contributed by atoms with Crippen LogP contribution in [-0.2, 0) is 4.79 Å². The lowest BCUT2D eigenvalue weighted by atomic mass is 9.90. The molecule has 0 aliphatic heterocycles. The highest BCUT2D eigenvalue weighted by atomic mass is 16.1. The number of hydrogen-bond donors (Lipinski definition) is 1. The van der Waals surface area contributed by atoms with Gasteiger partial charge in [-0.05, 0) is 32.2 Å². The number of carbonyl (C=O) groups excluding carboxylic acids is 1. The van der Waals surface area contributed by atoms with E-state index in [4.69, 9.17) is 5.73 Å². The van der Waals surface area contributed by atoms with Crippen LogP contribution in [0.25, 0.3) is 0 Å². The normalized spacial score (nSPS) is 25.6. The summed E-state index contributed by atoms with van der Waals surface area (Å²) in [5, 5.41) is 0. The number of ketones is 1. The fraction of sp³-hybridized carbons (Fsp3) is 0.750. The van der Waals surface area contributed by atoms with E-state index >= 15 is 0 Å². The molecule has 0 aromatic carbocycles. The third-order valence-corrected chi connectivity index (χ3v) is 3.05. The van der Waals surface area contributed by atoms with Gasteiger partial charge in [-0.1, -0.05) is 6.42 Å². The highest BCUT2D eigenvalue weighted by Crippen LogP contribution is 2.32. The van der Waals surface area contributed by atoms with E-state index in [0.717, 1.165) is 19.3 Å². The van der Waals surface area contributed by atoms with Crippen LogP contribution in [0.1, 0.15) is 39.0 Å². The number of Topliss-reactive ketones (excluding diaryl/α,β-unsaturated/α-hetero) is 1. The molecule has 14 heavy (non-hydrogen) atoms. The van der Waals surface area contributed by atoms with Gasteiger partial charge in [0.1, 0.15) is 5.78 Å². The van der Waals surface area contributed by atoms with Crippen LogP contribution < -0.4 is 5.73 Å². The van der Waals surface area contributed by atoms with Crippen molar-refractivity contribution in [1.29, 1.82) is 0 Å². The van der Waals surface area contributed by atoms with Gasteiger partial charge < -0.3 is 5.73 Å². The van der Waals surface area contributed by atoms with Gasteiger partial charge >= 0.3 is 0 Å². The third-order valence-electron chi connectivity index (χ3n) is 3.05. The van der Waals surface area contributed by atoms with Crippen molar-refractivity contribution < 1.29 is 4.79 Å². The fourth-order valence-corrected chi connectivity index (χ4v) is 2.24. The zero-order valence-corrected chi connectivity index (χ0v) is 8.88. The Kier molecular flexibility index (Phi) is 4.69. The molecule has 1 aliphatic carbocycles. The Balaban J connectivity index is 2.38. The van der Waals surface area contributed by atoms with E-state index in [1.807, 2.05) is 6.92 Å². The minimum atomic E-state index is 0.235. The Morgan fingerprint density at radius 1 is 1.50 bits per heavy atom. The molecule has 0 radical (unpaired) electrons. The molecular weight excluding hydrogens is 174 g/mol. The van der Waals surface area contributed by atoms with Crippen LogP contribution in [0.3, 0.4) is 0 Å². The van der Waals surface area contributed by atoms with Crippen molar-refractivity contribution in [2.24, 2.45) is 17.6 Å². The summed E-state index contributed by atoms with van der Waals surface area (Å²) in [7, 11) is 0. The maximum absolute atomic E-state index is 11.8. The van der Waals surface area contributed by atoms with Crippen molar-refractivity contribution >= 4 is 5.78 Å². The van der Waals surface area contributed by atoms with Crippen LogP contribution in [-0.4, -0.2) is 12.3 Å². The zero-order chi connectivity index (χ0) is 10.4. The maximum atomic E-state index is 11.8. The van der Waals surface area contributed by atoms with Gasteiger partial charge in [-0.2, -0.15) is 0 Å². The van der Waals surface area contributed by atoms with Gasteiger partial charge in [0, 0.05) is 18.8 Å². The molecule has 0 saturated heterocycles. The summed E-state index contributed by atoms with van der Waals surface area (Å²) in [5.74, 6) is 6.80. The largest absolute Gasteiger partial charge is 0.330 e. The number of rotatable bonds is 4. The second-order valence-corrected chi connectivity index (χ2v) is 3.93. The van der Waals surface area contributed by atoms with Crippen LogP contribution in [0.2, 0.25) is 0 Å². The summed E-state index contributed by atoms with van der Waals surface area (Å²) in [5.41, 5.74) is 5.64. The molecule has 2 atom stereocenters. The molecular formula is C12H19NO. The first-order valence-electron chi connectivity index (χ1n) is 5.42. The van der Waals surface area contributed by atoms with Gasteiger partial charge in [0.05, 0.1) is 0 Å². The first-order chi connectivity index (χ1) is 6.79. The Bertz CT molecular complexity index is 249. The van der Waals surface area contributed by atoms with Gasteiger partial charge in [-0.3, -0.25) is 4.79 Å². The van der Waals surface area contributed by atoms with Gasteiger partial charge in [0.15, 0.2) is 0 Å². The zero-order valence-electron chi connectivity index (χ0n) is 8.88. The summed E-state index contributed by atoms with van der Waals surface area (Å²) < 4.78 is 0. The van der Waals surface area contributed by atoms with Crippen LogP contribution in [0.15, 0.2) is 0 Å². The van der Waals surface area contributed by atoms with Crippen molar-refractivity contribution in [2.75, 3.05) is 6.54 Å². The van der Waals surface area contributed by atoms with Crippen LogP contribution >= 0.6 is 0 Å². The molecule has 2 N–H and O–H groups in total. The van der Waals surface area contributed by atoms with Crippen LogP contribution in [0.4, 0.5) is 0 Å². The highest BCUT2D eigenvalue weighted by molar-refractivity contribution is 5.81. The van der Waals surface area contributed by atoms with Gasteiger partial charge in [0.2, 0.25) is 0 Å². The van der Waals surface area contributed by atoms with Crippen LogP contribution in [0, 0.1) is 23.7 Å². The minimum absolute atomic E-state index is 0.235. The Morgan fingerprint density at radius 2 is 2.29 bits per heavy atom. The van der Waals surface area contributed by atoms with E-state index in [2.05, 4.69) is 11.8 Å². The van der Waals surface area contributed by atoms with E-state index in [-0.39, 0.29) is 5.92 Å². The van der Waals surface area contributed by atoms with E-state index < -0.39 is 0 Å². The molecule has 1 rings (SSSR count). The minimum Gasteiger partial charge on any atom is -0.330 e. The smallest absolute Gasteiger partial charge is 0.137 e. The molecule has 1 fully saturated rings. The lowest BCUT2D eigenvalue weighted by Gasteiger charge is -2.15. The lowest BCUT2D eigenvalue weighted by Crippen LogP contribution is -2.24. The Labute approximate surface area is 86.2 Å². The van der Waals surface area contributed by atoms with Crippen molar-refractivity contribution in [2.45, 2.75) is 39.0 Å². The summed E-state index contributed by atoms with van der Waals surface area (Å²) in [4.78, 5) is 11.8. The standard InChI is InChI=1S/C12H19NO/c1-2-3-4-8-12(14)11-7-5-6-10(11)9-13/h10-11H,4-9,13H2,1H3. The fourth-order valence-electron chi connectivity index (χ4n) is 2.24. The van der Waals surface area contributed by atoms with Crippen molar-refractivity contribution in [3.63, 3.8) is 0 Å². The number of nitrogens with two attached hydrogens (primary N) is 1. The Hall–Kier alpha value is -0.810. The highest BCUT2D eigenvalue weighted by Gasteiger charge is 2.30. The molecule has 78 valence electrons. The SMILES string of the molecule is CC#CCCC(=O)C1CCCC1CN. The van der Waals surface area contributed by atoms with Gasteiger partial charge in [0.25, 0.3) is 0 Å². The molecule has 0 aromatic heterocycles. The molecule has 0 bridgehead atoms. The molecule has 2 unspecified atom stereocenters. The first-order valence-corrected chi connectivity index (χ1v) is 5.42. The Morgan fingerprint density at radius 3 is 2.93 bits per heavy atom. The van der Waals surface area contributed by atoms with Crippen molar-refractivity contribution in [3.05, 3.63) is 0 Å². The lowest BCUT2D eigenvalue weighted by molar-refractivity contribution is -0.123. The topological polar surface area (TPSA) is 43.1 Å². The summed E-state index contributed by atoms with van der Waals surface area (Å²) in [6, 6.07) is 0. The van der Waals surface area contributed by atoms with Crippen molar-refractivity contribution in [3.8, 4) is 11.8 Å². The monoisotopic (exact) mass is 193 g/mol. The number of hydrogen-bond acceptors (Lipinski definition) is 2. The summed E-state index contributed by atoms with van der Waals surface area (Å²) in [6.45, 7) is 2.47. The van der Waals surface area contributed by atoms with E-state index in [1.165, 1.54) is 0 Å². The molecule has 0 amide bonds. The predicted octanol–water partition coefficient (Wildman–Crippen LogP) is 1.73. The molecule has 1 saturated carbocycles. The quantitative estimate of drug-likeness (QED) is 0.691. The summed E-state index contributed by atoms with van der Waals surface area (Å²) in [6.07, 6.45) is 4.66. The van der Waals surface area contributed by atoms with Gasteiger partial charge in [-0.25, -0.2) is 0 Å². The first kappa shape index (κ1) is 11.3.